The molecule has 0 aliphatic heterocycles. The van der Waals surface area contributed by atoms with Gasteiger partial charge in [-0.2, -0.15) is 0 Å². The summed E-state index contributed by atoms with van der Waals surface area (Å²) in [5.41, 5.74) is 1.29. The average molecular weight is 256 g/mol. The molecule has 0 aromatic heterocycles. The molecule has 0 saturated heterocycles. The Balaban J connectivity index is 2.15. The average Bonchev–Trinajstić information content (AvgIpc) is 2.43. The van der Waals surface area contributed by atoms with Crippen LogP contribution < -0.4 is 4.74 Å². The van der Waals surface area contributed by atoms with Gasteiger partial charge in [0.1, 0.15) is 5.75 Å². The highest BCUT2D eigenvalue weighted by atomic mass is 16.5. The molecule has 2 aromatic rings. The number of rotatable bonds is 3. The summed E-state index contributed by atoms with van der Waals surface area (Å²) >= 11 is 0. The molecule has 0 radical (unpaired) electrons. The van der Waals surface area contributed by atoms with Gasteiger partial charge >= 0.3 is 5.97 Å². The third-order valence-corrected chi connectivity index (χ3v) is 2.54. The number of aromatic hydroxyl groups is 2. The largest absolute Gasteiger partial charge is 0.504 e. The summed E-state index contributed by atoms with van der Waals surface area (Å²) in [5.74, 6) is -0.990. The minimum Gasteiger partial charge on any atom is -0.504 e. The van der Waals surface area contributed by atoms with Crippen molar-refractivity contribution < 1.29 is 19.7 Å². The summed E-state index contributed by atoms with van der Waals surface area (Å²) in [6.07, 6.45) is 1.67. The van der Waals surface area contributed by atoms with E-state index in [1.807, 2.05) is 0 Å². The van der Waals surface area contributed by atoms with Gasteiger partial charge in [0.05, 0.1) is 5.56 Å². The van der Waals surface area contributed by atoms with Crippen LogP contribution in [0, 0.1) is 0 Å². The van der Waals surface area contributed by atoms with E-state index in [9.17, 15) is 9.90 Å². The fourth-order valence-corrected chi connectivity index (χ4v) is 1.49. The summed E-state index contributed by atoms with van der Waals surface area (Å²) in [4.78, 5) is 11.8. The molecule has 4 nitrogen and oxygen atoms in total. The van der Waals surface area contributed by atoms with Crippen molar-refractivity contribution in [2.75, 3.05) is 0 Å². The van der Waals surface area contributed by atoms with Crippen molar-refractivity contribution in [2.24, 2.45) is 0 Å². The number of carbonyl (C=O) groups excluding carboxylic acids is 1. The second kappa shape index (κ2) is 5.27. The number of phenolic OH excluding ortho intramolecular Hbond substituents is 2. The van der Waals surface area contributed by atoms with Crippen LogP contribution in [0.3, 0.4) is 0 Å². The molecule has 4 heteroatoms. The molecule has 0 saturated carbocycles. The monoisotopic (exact) mass is 256 g/mol. The lowest BCUT2D eigenvalue weighted by Crippen LogP contribution is -2.08. The summed E-state index contributed by atoms with van der Waals surface area (Å²) in [6, 6.07) is 10.6. The van der Waals surface area contributed by atoms with Crippen LogP contribution in [0.4, 0.5) is 0 Å². The van der Waals surface area contributed by atoms with E-state index in [1.165, 1.54) is 18.2 Å². The van der Waals surface area contributed by atoms with Crippen molar-refractivity contribution in [1.29, 1.82) is 0 Å². The highest BCUT2D eigenvalue weighted by molar-refractivity contribution is 5.91. The van der Waals surface area contributed by atoms with Crippen LogP contribution in [0.15, 0.2) is 49.0 Å². The molecule has 0 atom stereocenters. The van der Waals surface area contributed by atoms with E-state index in [1.54, 1.807) is 30.3 Å². The summed E-state index contributed by atoms with van der Waals surface area (Å²) in [6.45, 7) is 3.62. The van der Waals surface area contributed by atoms with Crippen molar-refractivity contribution in [3.05, 3.63) is 60.2 Å². The Bertz CT molecular complexity index is 615. The third-order valence-electron chi connectivity index (χ3n) is 2.54. The van der Waals surface area contributed by atoms with Crippen LogP contribution in [0.5, 0.6) is 17.2 Å². The minimum atomic E-state index is -0.541. The molecule has 96 valence electrons. The lowest BCUT2D eigenvalue weighted by atomic mass is 10.1. The van der Waals surface area contributed by atoms with Crippen molar-refractivity contribution >= 4 is 12.0 Å². The van der Waals surface area contributed by atoms with E-state index >= 15 is 0 Å². The Kier molecular flexibility index (Phi) is 3.52. The molecule has 0 amide bonds. The number of hydrogen-bond acceptors (Lipinski definition) is 4. The first-order chi connectivity index (χ1) is 9.10. The zero-order chi connectivity index (χ0) is 13.8. The van der Waals surface area contributed by atoms with Crippen LogP contribution in [0.1, 0.15) is 15.9 Å². The van der Waals surface area contributed by atoms with Crippen LogP contribution in [-0.2, 0) is 0 Å². The molecule has 19 heavy (non-hydrogen) atoms. The fourth-order valence-electron chi connectivity index (χ4n) is 1.49. The molecule has 0 bridgehead atoms. The number of carbonyl (C=O) groups is 1. The maximum atomic E-state index is 11.8. The zero-order valence-corrected chi connectivity index (χ0v) is 10.0. The normalized spacial score (nSPS) is 9.89. The molecule has 0 unspecified atom stereocenters. The first kappa shape index (κ1) is 12.7. The Labute approximate surface area is 110 Å². The Morgan fingerprint density at radius 2 is 1.74 bits per heavy atom. The van der Waals surface area contributed by atoms with Gasteiger partial charge in [0.15, 0.2) is 11.5 Å². The van der Waals surface area contributed by atoms with Gasteiger partial charge in [-0.05, 0) is 29.8 Å². The molecule has 0 spiro atoms. The first-order valence-corrected chi connectivity index (χ1v) is 5.57. The maximum absolute atomic E-state index is 11.8. The SMILES string of the molecule is C=Cc1ccc(C(=O)Oc2ccc(O)c(O)c2)cc1. The van der Waals surface area contributed by atoms with Crippen molar-refractivity contribution in [3.8, 4) is 17.2 Å². The van der Waals surface area contributed by atoms with Gasteiger partial charge in [0, 0.05) is 6.07 Å². The molecule has 2 rings (SSSR count). The molecule has 0 aliphatic carbocycles. The maximum Gasteiger partial charge on any atom is 0.343 e. The lowest BCUT2D eigenvalue weighted by Gasteiger charge is -2.05. The number of esters is 1. The lowest BCUT2D eigenvalue weighted by molar-refractivity contribution is 0.0734. The molecule has 0 fully saturated rings. The molecular weight excluding hydrogens is 244 g/mol. The van der Waals surface area contributed by atoms with E-state index in [0.29, 0.717) is 5.56 Å². The van der Waals surface area contributed by atoms with Crippen LogP contribution >= 0.6 is 0 Å². The van der Waals surface area contributed by atoms with E-state index in [2.05, 4.69) is 6.58 Å². The van der Waals surface area contributed by atoms with Gasteiger partial charge in [-0.1, -0.05) is 24.8 Å². The summed E-state index contributed by atoms with van der Waals surface area (Å²) in [5, 5.41) is 18.5. The predicted molar refractivity (Wildman–Crippen MR) is 71.3 cm³/mol. The molecule has 2 aromatic carbocycles. The van der Waals surface area contributed by atoms with Gasteiger partial charge in [-0.3, -0.25) is 0 Å². The van der Waals surface area contributed by atoms with Gasteiger partial charge in [-0.25, -0.2) is 4.79 Å². The Morgan fingerprint density at radius 1 is 1.05 bits per heavy atom. The van der Waals surface area contributed by atoms with Gasteiger partial charge in [0.2, 0.25) is 0 Å². The van der Waals surface area contributed by atoms with Gasteiger partial charge in [0.25, 0.3) is 0 Å². The van der Waals surface area contributed by atoms with Crippen LogP contribution in [0.25, 0.3) is 6.08 Å². The van der Waals surface area contributed by atoms with E-state index in [-0.39, 0.29) is 17.2 Å². The van der Waals surface area contributed by atoms with Gasteiger partial charge < -0.3 is 14.9 Å². The number of hydrogen-bond donors (Lipinski definition) is 2. The molecular formula is C15H12O4. The molecule has 2 N–H and O–H groups in total. The van der Waals surface area contributed by atoms with Crippen molar-refractivity contribution in [1.82, 2.24) is 0 Å². The second-order valence-corrected chi connectivity index (χ2v) is 3.87. The van der Waals surface area contributed by atoms with Crippen molar-refractivity contribution in [3.63, 3.8) is 0 Å². The van der Waals surface area contributed by atoms with Crippen molar-refractivity contribution in [2.45, 2.75) is 0 Å². The number of benzene rings is 2. The standard InChI is InChI=1S/C15H12O4/c1-2-10-3-5-11(6-4-10)15(18)19-12-7-8-13(16)14(17)9-12/h2-9,16-17H,1H2. The van der Waals surface area contributed by atoms with E-state index < -0.39 is 5.97 Å². The number of ether oxygens (including phenoxy) is 1. The van der Waals surface area contributed by atoms with E-state index in [4.69, 9.17) is 9.84 Å². The molecule has 0 aliphatic rings. The van der Waals surface area contributed by atoms with E-state index in [0.717, 1.165) is 5.56 Å². The fraction of sp³-hybridized carbons (Fsp3) is 0. The predicted octanol–water partition coefficient (Wildman–Crippen LogP) is 2.96. The number of phenols is 2. The third kappa shape index (κ3) is 2.93. The second-order valence-electron chi connectivity index (χ2n) is 3.87. The Hall–Kier alpha value is -2.75. The summed E-state index contributed by atoms with van der Waals surface area (Å²) in [7, 11) is 0. The summed E-state index contributed by atoms with van der Waals surface area (Å²) < 4.78 is 5.07. The smallest absolute Gasteiger partial charge is 0.343 e. The topological polar surface area (TPSA) is 66.8 Å². The minimum absolute atomic E-state index is 0.160. The van der Waals surface area contributed by atoms with Crippen LogP contribution in [-0.4, -0.2) is 16.2 Å². The Morgan fingerprint density at radius 3 is 2.32 bits per heavy atom. The molecule has 0 heterocycles. The quantitative estimate of drug-likeness (QED) is 0.503. The highest BCUT2D eigenvalue weighted by Crippen LogP contribution is 2.29. The highest BCUT2D eigenvalue weighted by Gasteiger charge is 2.09. The first-order valence-electron chi connectivity index (χ1n) is 5.57. The zero-order valence-electron chi connectivity index (χ0n) is 10.0. The van der Waals surface area contributed by atoms with Crippen LogP contribution in [0.2, 0.25) is 0 Å². The van der Waals surface area contributed by atoms with Gasteiger partial charge in [-0.15, -0.1) is 0 Å².